The van der Waals surface area contributed by atoms with Crippen molar-refractivity contribution in [2.45, 2.75) is 44.1 Å². The first-order chi connectivity index (χ1) is 14.8. The number of fused-ring (bicyclic) bond motifs is 1. The Labute approximate surface area is 174 Å². The molecule has 1 aromatic carbocycles. The molecule has 0 spiro atoms. The van der Waals surface area contributed by atoms with E-state index in [4.69, 9.17) is 14.2 Å². The molecule has 30 heavy (non-hydrogen) atoms. The summed E-state index contributed by atoms with van der Waals surface area (Å²) >= 11 is 0. The van der Waals surface area contributed by atoms with Crippen molar-refractivity contribution >= 4 is 16.8 Å². The molecular weight excluding hydrogens is 382 g/mol. The van der Waals surface area contributed by atoms with Gasteiger partial charge in [-0.15, -0.1) is 0 Å². The summed E-state index contributed by atoms with van der Waals surface area (Å²) in [4.78, 5) is 19.0. The fourth-order valence-corrected chi connectivity index (χ4v) is 4.64. The lowest BCUT2D eigenvalue weighted by Gasteiger charge is -2.30. The maximum atomic E-state index is 12.3. The maximum Gasteiger partial charge on any atom is 0.258 e. The molecule has 0 bridgehead atoms. The third-order valence-corrected chi connectivity index (χ3v) is 6.64. The van der Waals surface area contributed by atoms with Gasteiger partial charge in [0.25, 0.3) is 5.89 Å². The third-order valence-electron chi connectivity index (χ3n) is 6.64. The van der Waals surface area contributed by atoms with Crippen molar-refractivity contribution in [3.05, 3.63) is 30.2 Å². The molecule has 0 N–H and O–H groups in total. The SMILES string of the molecule is O=C(C1CC1)N1CCC(c2noc(-c3ccc4cnn([C@H]5CCOC5)c4c3)n2)CC1. The lowest BCUT2D eigenvalue weighted by atomic mass is 9.96. The molecule has 2 aromatic heterocycles. The average molecular weight is 407 g/mol. The van der Waals surface area contributed by atoms with E-state index < -0.39 is 0 Å². The summed E-state index contributed by atoms with van der Waals surface area (Å²) in [5.74, 6) is 2.16. The fraction of sp³-hybridized carbons (Fsp3) is 0.545. The molecule has 0 unspecified atom stereocenters. The van der Waals surface area contributed by atoms with E-state index in [2.05, 4.69) is 27.1 Å². The van der Waals surface area contributed by atoms with Crippen LogP contribution in [0.25, 0.3) is 22.4 Å². The quantitative estimate of drug-likeness (QED) is 0.660. The molecule has 0 radical (unpaired) electrons. The van der Waals surface area contributed by atoms with Gasteiger partial charge in [-0.1, -0.05) is 11.2 Å². The smallest absolute Gasteiger partial charge is 0.258 e. The van der Waals surface area contributed by atoms with Gasteiger partial charge < -0.3 is 14.2 Å². The van der Waals surface area contributed by atoms with E-state index in [0.717, 1.165) is 74.1 Å². The zero-order valence-corrected chi connectivity index (χ0v) is 16.9. The highest BCUT2D eigenvalue weighted by Gasteiger charge is 2.35. The van der Waals surface area contributed by atoms with Crippen LogP contribution in [0.2, 0.25) is 0 Å². The summed E-state index contributed by atoms with van der Waals surface area (Å²) in [7, 11) is 0. The Morgan fingerprint density at radius 3 is 2.73 bits per heavy atom. The van der Waals surface area contributed by atoms with E-state index in [1.807, 2.05) is 17.2 Å². The van der Waals surface area contributed by atoms with Gasteiger partial charge in [0.15, 0.2) is 5.82 Å². The van der Waals surface area contributed by atoms with Crippen molar-refractivity contribution in [2.75, 3.05) is 26.3 Å². The zero-order chi connectivity index (χ0) is 20.1. The third kappa shape index (κ3) is 3.19. The van der Waals surface area contributed by atoms with Gasteiger partial charge in [0, 0.05) is 42.5 Å². The lowest BCUT2D eigenvalue weighted by molar-refractivity contribution is -0.133. The van der Waals surface area contributed by atoms with Crippen LogP contribution in [0, 0.1) is 5.92 Å². The summed E-state index contributed by atoms with van der Waals surface area (Å²) in [5, 5.41) is 9.93. The Morgan fingerprint density at radius 1 is 1.10 bits per heavy atom. The molecule has 4 heterocycles. The van der Waals surface area contributed by atoms with E-state index in [9.17, 15) is 4.79 Å². The van der Waals surface area contributed by atoms with E-state index in [1.54, 1.807) is 0 Å². The number of aromatic nitrogens is 4. The summed E-state index contributed by atoms with van der Waals surface area (Å²) in [6.45, 7) is 3.06. The predicted octanol–water partition coefficient (Wildman–Crippen LogP) is 3.16. The van der Waals surface area contributed by atoms with Crippen LogP contribution in [-0.4, -0.2) is 57.0 Å². The van der Waals surface area contributed by atoms with Crippen LogP contribution in [0.1, 0.15) is 49.9 Å². The monoisotopic (exact) mass is 407 g/mol. The standard InChI is InChI=1S/C22H25N5O3/c28-22(15-1-2-15)26-8-5-14(6-9-26)20-24-21(30-25-20)16-3-4-17-12-23-27(19(17)11-16)18-7-10-29-13-18/h3-4,11-12,14-15,18H,1-2,5-10,13H2/t18-/m0/s1. The second-order valence-electron chi connectivity index (χ2n) is 8.71. The molecule has 1 aliphatic carbocycles. The van der Waals surface area contributed by atoms with Crippen LogP contribution >= 0.6 is 0 Å². The Bertz CT molecular complexity index is 1070. The van der Waals surface area contributed by atoms with E-state index in [1.165, 1.54) is 0 Å². The van der Waals surface area contributed by atoms with Crippen LogP contribution in [0.3, 0.4) is 0 Å². The van der Waals surface area contributed by atoms with Crippen molar-refractivity contribution in [2.24, 2.45) is 5.92 Å². The number of nitrogens with zero attached hydrogens (tertiary/aromatic N) is 5. The van der Waals surface area contributed by atoms with Gasteiger partial charge in [0.05, 0.1) is 24.4 Å². The molecule has 3 fully saturated rings. The number of hydrogen-bond acceptors (Lipinski definition) is 6. The molecule has 8 nitrogen and oxygen atoms in total. The molecule has 1 amide bonds. The van der Waals surface area contributed by atoms with Crippen molar-refractivity contribution in [1.29, 1.82) is 0 Å². The van der Waals surface area contributed by atoms with Crippen molar-refractivity contribution < 1.29 is 14.1 Å². The maximum absolute atomic E-state index is 12.3. The molecule has 156 valence electrons. The number of hydrogen-bond donors (Lipinski definition) is 0. The number of rotatable bonds is 4. The Balaban J connectivity index is 1.20. The minimum Gasteiger partial charge on any atom is -0.379 e. The average Bonchev–Trinajstić information content (AvgIpc) is 3.18. The molecule has 3 aliphatic rings. The number of carbonyl (C=O) groups is 1. The molecule has 2 aliphatic heterocycles. The molecule has 8 heteroatoms. The minimum absolute atomic E-state index is 0.246. The number of ether oxygens (including phenoxy) is 1. The summed E-state index contributed by atoms with van der Waals surface area (Å²) < 4.78 is 13.2. The van der Waals surface area contributed by atoms with Gasteiger partial charge in [0.2, 0.25) is 5.91 Å². The van der Waals surface area contributed by atoms with Gasteiger partial charge in [0.1, 0.15) is 0 Å². The van der Waals surface area contributed by atoms with Gasteiger partial charge in [-0.2, -0.15) is 10.1 Å². The number of amides is 1. The van der Waals surface area contributed by atoms with Crippen LogP contribution in [0.15, 0.2) is 28.9 Å². The summed E-state index contributed by atoms with van der Waals surface area (Å²) in [6, 6.07) is 6.41. The number of carbonyl (C=O) groups excluding carboxylic acids is 1. The summed E-state index contributed by atoms with van der Waals surface area (Å²) in [5.41, 5.74) is 1.97. The first kappa shape index (κ1) is 18.1. The van der Waals surface area contributed by atoms with E-state index in [0.29, 0.717) is 18.4 Å². The molecule has 1 saturated carbocycles. The van der Waals surface area contributed by atoms with E-state index >= 15 is 0 Å². The minimum atomic E-state index is 0.246. The molecule has 2 saturated heterocycles. The number of likely N-dealkylation sites (tertiary alicyclic amines) is 1. The Morgan fingerprint density at radius 2 is 1.97 bits per heavy atom. The Kier molecular flexibility index (Phi) is 4.33. The van der Waals surface area contributed by atoms with Crippen LogP contribution in [-0.2, 0) is 9.53 Å². The predicted molar refractivity (Wildman–Crippen MR) is 109 cm³/mol. The highest BCUT2D eigenvalue weighted by Crippen LogP contribution is 2.34. The second kappa shape index (κ2) is 7.19. The van der Waals surface area contributed by atoms with Gasteiger partial charge in [-0.3, -0.25) is 9.48 Å². The van der Waals surface area contributed by atoms with Gasteiger partial charge in [-0.05, 0) is 44.2 Å². The normalized spacial score (nSPS) is 22.8. The Hall–Kier alpha value is -2.74. The second-order valence-corrected chi connectivity index (χ2v) is 8.71. The molecule has 6 rings (SSSR count). The highest BCUT2D eigenvalue weighted by atomic mass is 16.5. The lowest BCUT2D eigenvalue weighted by Crippen LogP contribution is -2.38. The van der Waals surface area contributed by atoms with Crippen LogP contribution in [0.5, 0.6) is 0 Å². The highest BCUT2D eigenvalue weighted by molar-refractivity contribution is 5.83. The first-order valence-electron chi connectivity index (χ1n) is 10.9. The largest absolute Gasteiger partial charge is 0.379 e. The molecule has 3 aromatic rings. The zero-order valence-electron chi connectivity index (χ0n) is 16.9. The number of piperidine rings is 1. The van der Waals surface area contributed by atoms with E-state index in [-0.39, 0.29) is 17.9 Å². The number of benzene rings is 1. The summed E-state index contributed by atoms with van der Waals surface area (Å²) in [6.07, 6.45) is 6.78. The van der Waals surface area contributed by atoms with Crippen molar-refractivity contribution in [1.82, 2.24) is 24.8 Å². The van der Waals surface area contributed by atoms with Crippen molar-refractivity contribution in [3.63, 3.8) is 0 Å². The molecular formula is C22H25N5O3. The van der Waals surface area contributed by atoms with Gasteiger partial charge >= 0.3 is 0 Å². The molecule has 1 atom stereocenters. The van der Waals surface area contributed by atoms with Crippen LogP contribution in [0.4, 0.5) is 0 Å². The van der Waals surface area contributed by atoms with Gasteiger partial charge in [-0.25, -0.2) is 0 Å². The fourth-order valence-electron chi connectivity index (χ4n) is 4.64. The topological polar surface area (TPSA) is 86.3 Å². The van der Waals surface area contributed by atoms with Crippen molar-refractivity contribution in [3.8, 4) is 11.5 Å². The first-order valence-corrected chi connectivity index (χ1v) is 10.9. The van der Waals surface area contributed by atoms with Crippen LogP contribution < -0.4 is 0 Å².